The Kier molecular flexibility index (Phi) is 3.79. The van der Waals surface area contributed by atoms with E-state index >= 15 is 0 Å². The Morgan fingerprint density at radius 1 is 1.09 bits per heavy atom. The van der Waals surface area contributed by atoms with Gasteiger partial charge in [-0.05, 0) is 62.0 Å². The van der Waals surface area contributed by atoms with Crippen molar-refractivity contribution >= 4 is 15.7 Å². The molecule has 0 radical (unpaired) electrons. The van der Waals surface area contributed by atoms with E-state index in [9.17, 15) is 8.42 Å². The van der Waals surface area contributed by atoms with Crippen LogP contribution in [0, 0.1) is 24.2 Å². The van der Waals surface area contributed by atoms with Crippen LogP contribution >= 0.6 is 0 Å². The second kappa shape index (κ2) is 5.37. The van der Waals surface area contributed by atoms with Gasteiger partial charge in [-0.3, -0.25) is 0 Å². The van der Waals surface area contributed by atoms with Gasteiger partial charge in [0.1, 0.15) is 0 Å². The van der Waals surface area contributed by atoms with E-state index in [0.717, 1.165) is 24.1 Å². The summed E-state index contributed by atoms with van der Waals surface area (Å²) in [4.78, 5) is 2.69. The van der Waals surface area contributed by atoms with Crippen molar-refractivity contribution in [2.45, 2.75) is 51.3 Å². The van der Waals surface area contributed by atoms with Crippen molar-refractivity contribution in [1.29, 1.82) is 0 Å². The average Bonchev–Trinajstić information content (AvgIpc) is 2.66. The standard InChI is InChI=1S/C17H24N2O2S/c1-12-4-8-16(9-5-12)22(20,21)19-18-15-10-13-6-7-14(11-15)17(13,2)3/h4-5,8-9,13-14,19H,6-7,10-11H2,1-3H3/t13-,14+. The van der Waals surface area contributed by atoms with Gasteiger partial charge in [-0.25, -0.2) is 4.83 Å². The van der Waals surface area contributed by atoms with Gasteiger partial charge in [-0.2, -0.15) is 13.5 Å². The van der Waals surface area contributed by atoms with Crippen molar-refractivity contribution < 1.29 is 8.42 Å². The molecule has 0 aliphatic heterocycles. The highest BCUT2D eigenvalue weighted by atomic mass is 32.2. The highest BCUT2D eigenvalue weighted by Gasteiger charge is 2.47. The van der Waals surface area contributed by atoms with Gasteiger partial charge in [0.2, 0.25) is 0 Å². The summed E-state index contributed by atoms with van der Waals surface area (Å²) in [5, 5.41) is 4.24. The molecular weight excluding hydrogens is 296 g/mol. The molecule has 2 aliphatic rings. The van der Waals surface area contributed by atoms with Gasteiger partial charge < -0.3 is 0 Å². The van der Waals surface area contributed by atoms with Gasteiger partial charge >= 0.3 is 0 Å². The molecule has 2 saturated carbocycles. The monoisotopic (exact) mass is 320 g/mol. The topological polar surface area (TPSA) is 58.5 Å². The first-order valence-corrected chi connectivity index (χ1v) is 9.41. The Bertz CT molecular complexity index is 672. The second-order valence-electron chi connectivity index (χ2n) is 7.29. The van der Waals surface area contributed by atoms with Crippen LogP contribution in [0.1, 0.15) is 45.1 Å². The van der Waals surface area contributed by atoms with Crippen LogP contribution in [0.5, 0.6) is 0 Å². The van der Waals surface area contributed by atoms with Crippen molar-refractivity contribution in [2.75, 3.05) is 0 Å². The van der Waals surface area contributed by atoms with E-state index in [4.69, 9.17) is 0 Å². The smallest absolute Gasteiger partial charge is 0.200 e. The van der Waals surface area contributed by atoms with E-state index in [1.165, 1.54) is 12.8 Å². The summed E-state index contributed by atoms with van der Waals surface area (Å²) in [7, 11) is -3.56. The van der Waals surface area contributed by atoms with Gasteiger partial charge in [0.05, 0.1) is 4.90 Å². The van der Waals surface area contributed by atoms with E-state index in [1.807, 2.05) is 6.92 Å². The minimum Gasteiger partial charge on any atom is -0.200 e. The molecule has 3 rings (SSSR count). The predicted octanol–water partition coefficient (Wildman–Crippen LogP) is 3.48. The average molecular weight is 320 g/mol. The molecule has 0 saturated heterocycles. The quantitative estimate of drug-likeness (QED) is 0.867. The van der Waals surface area contributed by atoms with Gasteiger partial charge in [0.15, 0.2) is 0 Å². The van der Waals surface area contributed by atoms with Crippen molar-refractivity contribution in [3.05, 3.63) is 29.8 Å². The summed E-state index contributed by atoms with van der Waals surface area (Å²) in [6.45, 7) is 6.61. The zero-order chi connectivity index (χ0) is 16.0. The lowest BCUT2D eigenvalue weighted by Gasteiger charge is -2.38. The van der Waals surface area contributed by atoms with Crippen LogP contribution < -0.4 is 4.83 Å². The van der Waals surface area contributed by atoms with Crippen molar-refractivity contribution in [3.63, 3.8) is 0 Å². The maximum absolute atomic E-state index is 12.3. The number of hydrazone groups is 1. The Balaban J connectivity index is 1.73. The molecule has 1 N–H and O–H groups in total. The lowest BCUT2D eigenvalue weighted by molar-refractivity contribution is 0.176. The summed E-state index contributed by atoms with van der Waals surface area (Å²) >= 11 is 0. The molecule has 0 amide bonds. The molecule has 0 aromatic heterocycles. The van der Waals surface area contributed by atoms with E-state index in [-0.39, 0.29) is 4.90 Å². The summed E-state index contributed by atoms with van der Waals surface area (Å²) in [5.74, 6) is 1.27. The number of aryl methyl sites for hydroxylation is 1. The maximum atomic E-state index is 12.3. The fourth-order valence-electron chi connectivity index (χ4n) is 3.85. The molecule has 0 unspecified atom stereocenters. The minimum atomic E-state index is -3.56. The van der Waals surface area contributed by atoms with Crippen LogP contribution in [0.15, 0.2) is 34.3 Å². The Hall–Kier alpha value is -1.36. The van der Waals surface area contributed by atoms with Gasteiger partial charge in [-0.1, -0.05) is 31.5 Å². The fourth-order valence-corrected chi connectivity index (χ4v) is 4.70. The first kappa shape index (κ1) is 15.5. The third-order valence-electron chi connectivity index (χ3n) is 5.59. The lowest BCUT2D eigenvalue weighted by Crippen LogP contribution is -2.34. The van der Waals surface area contributed by atoms with Crippen LogP contribution in [0.2, 0.25) is 0 Å². The van der Waals surface area contributed by atoms with E-state index in [0.29, 0.717) is 17.3 Å². The second-order valence-corrected chi connectivity index (χ2v) is 8.95. The van der Waals surface area contributed by atoms with Crippen molar-refractivity contribution in [1.82, 2.24) is 4.83 Å². The molecule has 2 fully saturated rings. The van der Waals surface area contributed by atoms with Crippen LogP contribution in [0.25, 0.3) is 0 Å². The SMILES string of the molecule is Cc1ccc(S(=O)(=O)NN=C2C[C@H]3CC[C@@H](C2)C3(C)C)cc1. The maximum Gasteiger partial charge on any atom is 0.276 e. The van der Waals surface area contributed by atoms with E-state index in [1.54, 1.807) is 24.3 Å². The predicted molar refractivity (Wildman–Crippen MR) is 88.2 cm³/mol. The first-order valence-electron chi connectivity index (χ1n) is 7.93. The number of fused-ring (bicyclic) bond motifs is 2. The molecule has 2 atom stereocenters. The molecule has 2 aliphatic carbocycles. The number of benzene rings is 1. The summed E-state index contributed by atoms with van der Waals surface area (Å²) in [5.41, 5.74) is 2.41. The van der Waals surface area contributed by atoms with Gasteiger partial charge in [0, 0.05) is 5.71 Å². The highest BCUT2D eigenvalue weighted by Crippen LogP contribution is 2.54. The Morgan fingerprint density at radius 3 is 2.18 bits per heavy atom. The zero-order valence-corrected chi connectivity index (χ0v) is 14.3. The molecule has 5 heteroatoms. The molecule has 1 aromatic carbocycles. The lowest BCUT2D eigenvalue weighted by atomic mass is 9.67. The molecular formula is C17H24N2O2S. The highest BCUT2D eigenvalue weighted by molar-refractivity contribution is 7.89. The third kappa shape index (κ3) is 2.78. The number of sulfonamides is 1. The van der Waals surface area contributed by atoms with Crippen LogP contribution in [0.3, 0.4) is 0 Å². The first-order chi connectivity index (χ1) is 10.3. The van der Waals surface area contributed by atoms with Crippen LogP contribution in [-0.2, 0) is 10.0 Å². The molecule has 2 bridgehead atoms. The van der Waals surface area contributed by atoms with Gasteiger partial charge in [0.25, 0.3) is 10.0 Å². The van der Waals surface area contributed by atoms with Crippen LogP contribution in [0.4, 0.5) is 0 Å². The number of nitrogens with one attached hydrogen (secondary N) is 1. The number of hydrogen-bond acceptors (Lipinski definition) is 3. The van der Waals surface area contributed by atoms with Crippen molar-refractivity contribution in [2.24, 2.45) is 22.4 Å². The molecule has 22 heavy (non-hydrogen) atoms. The van der Waals surface area contributed by atoms with Crippen LogP contribution in [-0.4, -0.2) is 14.1 Å². The number of hydrogen-bond donors (Lipinski definition) is 1. The normalized spacial score (nSPS) is 28.8. The summed E-state index contributed by atoms with van der Waals surface area (Å²) in [6, 6.07) is 6.83. The Morgan fingerprint density at radius 2 is 1.64 bits per heavy atom. The number of nitrogens with zero attached hydrogens (tertiary/aromatic N) is 1. The number of rotatable bonds is 3. The Labute approximate surface area is 133 Å². The molecule has 120 valence electrons. The fraction of sp³-hybridized carbons (Fsp3) is 0.588. The molecule has 0 heterocycles. The summed E-state index contributed by atoms with van der Waals surface area (Å²) < 4.78 is 24.5. The minimum absolute atomic E-state index is 0.265. The molecule has 4 nitrogen and oxygen atoms in total. The third-order valence-corrected chi connectivity index (χ3v) is 6.81. The summed E-state index contributed by atoms with van der Waals surface area (Å²) in [6.07, 6.45) is 4.31. The van der Waals surface area contributed by atoms with Crippen molar-refractivity contribution in [3.8, 4) is 0 Å². The zero-order valence-electron chi connectivity index (χ0n) is 13.5. The van der Waals surface area contributed by atoms with Gasteiger partial charge in [-0.15, -0.1) is 0 Å². The molecule has 1 aromatic rings. The van der Waals surface area contributed by atoms with E-state index in [2.05, 4.69) is 23.8 Å². The molecule has 0 spiro atoms. The largest absolute Gasteiger partial charge is 0.276 e. The van der Waals surface area contributed by atoms with E-state index < -0.39 is 10.0 Å².